The molecular formula is C9H7ClMgS. The van der Waals surface area contributed by atoms with Gasteiger partial charge >= 0.3 is 19.3 Å². The number of thiophene rings is 1. The normalized spacial score (nSPS) is 10.1. The molecule has 0 fully saturated rings. The van der Waals surface area contributed by atoms with Crippen LogP contribution in [0.5, 0.6) is 0 Å². The van der Waals surface area contributed by atoms with Gasteiger partial charge in [0.25, 0.3) is 0 Å². The monoisotopic (exact) mass is 206 g/mol. The Hall–Kier alpha value is 0.236. The molecule has 2 rings (SSSR count). The summed E-state index contributed by atoms with van der Waals surface area (Å²) in [5.74, 6) is 0. The Morgan fingerprint density at radius 2 is 2.17 bits per heavy atom. The van der Waals surface area contributed by atoms with Crippen LogP contribution < -0.4 is 0 Å². The Labute approximate surface area is 89.0 Å². The predicted octanol–water partition coefficient (Wildman–Crippen LogP) is 3.26. The third-order valence-electron chi connectivity index (χ3n) is 1.82. The van der Waals surface area contributed by atoms with Crippen molar-refractivity contribution >= 4 is 49.8 Å². The summed E-state index contributed by atoms with van der Waals surface area (Å²) in [7, 11) is 5.81. The van der Waals surface area contributed by atoms with E-state index < -0.39 is 0 Å². The van der Waals surface area contributed by atoms with Crippen molar-refractivity contribution in [3.05, 3.63) is 35.2 Å². The van der Waals surface area contributed by atoms with E-state index in [1.54, 1.807) is 0 Å². The molecule has 58 valence electrons. The van der Waals surface area contributed by atoms with E-state index in [2.05, 4.69) is 30.3 Å². The van der Waals surface area contributed by atoms with Gasteiger partial charge in [0.05, 0.1) is 0 Å². The van der Waals surface area contributed by atoms with E-state index >= 15 is 0 Å². The number of hydrogen-bond acceptors (Lipinski definition) is 1. The molecule has 0 aliphatic rings. The first-order valence-electron chi connectivity index (χ1n) is 3.93. The maximum absolute atomic E-state index is 5.81. The van der Waals surface area contributed by atoms with Gasteiger partial charge in [-0.15, -0.1) is 11.3 Å². The highest BCUT2D eigenvalue weighted by Gasteiger charge is 2.00. The van der Waals surface area contributed by atoms with Gasteiger partial charge in [0.1, 0.15) is 0 Å². The fourth-order valence-corrected chi connectivity index (χ4v) is 4.10. The number of halogens is 1. The first-order chi connectivity index (χ1) is 5.90. The lowest BCUT2D eigenvalue weighted by Gasteiger charge is -1.83. The fourth-order valence-electron chi connectivity index (χ4n) is 1.25. The van der Waals surface area contributed by atoms with Crippen molar-refractivity contribution in [2.45, 2.75) is 4.55 Å². The lowest BCUT2D eigenvalue weighted by atomic mass is 10.2. The van der Waals surface area contributed by atoms with Crippen molar-refractivity contribution in [3.63, 3.8) is 0 Å². The third-order valence-corrected chi connectivity index (χ3v) is 4.65. The van der Waals surface area contributed by atoms with Gasteiger partial charge in [-0.2, -0.15) is 0 Å². The molecule has 0 bridgehead atoms. The summed E-state index contributed by atoms with van der Waals surface area (Å²) in [6.07, 6.45) is 0. The SMILES string of the molecule is [Cl][Mg][CH2]c1cc2ccccc2s1. The van der Waals surface area contributed by atoms with Crippen LogP contribution in [0.1, 0.15) is 4.88 Å². The molecule has 0 aliphatic heterocycles. The maximum Gasteiger partial charge on any atom is 0.506 e. The first-order valence-corrected chi connectivity index (χ1v) is 7.89. The summed E-state index contributed by atoms with van der Waals surface area (Å²) in [5, 5.41) is 1.36. The van der Waals surface area contributed by atoms with E-state index in [4.69, 9.17) is 9.07 Å². The van der Waals surface area contributed by atoms with Gasteiger partial charge in [0.2, 0.25) is 0 Å². The van der Waals surface area contributed by atoms with Crippen molar-refractivity contribution < 1.29 is 0 Å². The molecule has 0 spiro atoms. The van der Waals surface area contributed by atoms with E-state index in [9.17, 15) is 0 Å². The number of rotatable bonds is 2. The molecule has 0 saturated heterocycles. The molecule has 0 amide bonds. The molecule has 0 saturated carbocycles. The minimum Gasteiger partial charge on any atom is -0.345 e. The largest absolute Gasteiger partial charge is 0.506 e. The summed E-state index contributed by atoms with van der Waals surface area (Å²) in [4.78, 5) is 1.44. The predicted molar refractivity (Wildman–Crippen MR) is 57.1 cm³/mol. The topological polar surface area (TPSA) is 0 Å². The number of benzene rings is 1. The molecule has 0 radical (unpaired) electrons. The van der Waals surface area contributed by atoms with Crippen LogP contribution in [0.15, 0.2) is 30.3 Å². The second-order valence-electron chi connectivity index (χ2n) is 2.69. The van der Waals surface area contributed by atoms with Crippen LogP contribution >= 0.6 is 20.4 Å². The van der Waals surface area contributed by atoms with Crippen molar-refractivity contribution in [1.82, 2.24) is 0 Å². The molecule has 3 heteroatoms. The van der Waals surface area contributed by atoms with Crippen LogP contribution in [0.3, 0.4) is 0 Å². The van der Waals surface area contributed by atoms with Gasteiger partial charge in [0.15, 0.2) is 0 Å². The molecule has 0 aliphatic carbocycles. The third kappa shape index (κ3) is 1.77. The second kappa shape index (κ2) is 3.96. The van der Waals surface area contributed by atoms with Gasteiger partial charge < -0.3 is 9.07 Å². The van der Waals surface area contributed by atoms with Gasteiger partial charge in [-0.25, -0.2) is 0 Å². The minimum atomic E-state index is -0.347. The Morgan fingerprint density at radius 1 is 1.33 bits per heavy atom. The van der Waals surface area contributed by atoms with Crippen LogP contribution in [-0.4, -0.2) is 19.3 Å². The zero-order valence-electron chi connectivity index (χ0n) is 6.59. The average Bonchev–Trinajstić information content (AvgIpc) is 2.47. The highest BCUT2D eigenvalue weighted by atomic mass is 35.5. The average molecular weight is 207 g/mol. The second-order valence-corrected chi connectivity index (χ2v) is 5.87. The van der Waals surface area contributed by atoms with Gasteiger partial charge in [-0.05, 0) is 22.4 Å². The van der Waals surface area contributed by atoms with Crippen LogP contribution in [0.25, 0.3) is 10.1 Å². The van der Waals surface area contributed by atoms with Crippen molar-refractivity contribution in [3.8, 4) is 0 Å². The molecule has 1 heterocycles. The zero-order chi connectivity index (χ0) is 8.39. The maximum atomic E-state index is 5.81. The summed E-state index contributed by atoms with van der Waals surface area (Å²) in [6, 6.07) is 10.7. The van der Waals surface area contributed by atoms with Gasteiger partial charge in [-0.3, -0.25) is 0 Å². The molecule has 0 unspecified atom stereocenters. The standard InChI is InChI=1S/C9H7S.ClH.Mg/c1-7-6-8-4-2-3-5-9(8)10-7;;/h2-6H,1H2;1H;/q;;+1/p-1. The van der Waals surface area contributed by atoms with Crippen LogP contribution in [0, 0.1) is 0 Å². The highest BCUT2D eigenvalue weighted by Crippen LogP contribution is 2.25. The van der Waals surface area contributed by atoms with E-state index in [1.807, 2.05) is 11.3 Å². The van der Waals surface area contributed by atoms with Crippen LogP contribution in [-0.2, 0) is 4.55 Å². The fraction of sp³-hybridized carbons (Fsp3) is 0.111. The van der Waals surface area contributed by atoms with E-state index in [0.717, 1.165) is 4.55 Å². The molecule has 2 aromatic rings. The van der Waals surface area contributed by atoms with Crippen LogP contribution in [0.4, 0.5) is 0 Å². The lowest BCUT2D eigenvalue weighted by molar-refractivity contribution is 1.53. The van der Waals surface area contributed by atoms with Crippen molar-refractivity contribution in [1.29, 1.82) is 0 Å². The highest BCUT2D eigenvalue weighted by molar-refractivity contribution is 7.19. The summed E-state index contributed by atoms with van der Waals surface area (Å²) in [6.45, 7) is 0. The van der Waals surface area contributed by atoms with E-state index in [-0.39, 0.29) is 19.3 Å². The summed E-state index contributed by atoms with van der Waals surface area (Å²) in [5.41, 5.74) is 0. The minimum absolute atomic E-state index is 0.347. The molecule has 0 nitrogen and oxygen atoms in total. The molecule has 1 aromatic heterocycles. The Morgan fingerprint density at radius 3 is 2.92 bits per heavy atom. The summed E-state index contributed by atoms with van der Waals surface area (Å²) >= 11 is 1.52. The summed E-state index contributed by atoms with van der Waals surface area (Å²) < 4.78 is 2.51. The first kappa shape index (κ1) is 8.82. The number of fused-ring (bicyclic) bond motifs is 1. The quantitative estimate of drug-likeness (QED) is 0.663. The van der Waals surface area contributed by atoms with Gasteiger partial charge in [0, 0.05) is 4.70 Å². The zero-order valence-corrected chi connectivity index (χ0v) is 9.57. The molecule has 0 atom stereocenters. The van der Waals surface area contributed by atoms with Gasteiger partial charge in [-0.1, -0.05) is 22.7 Å². The van der Waals surface area contributed by atoms with Crippen molar-refractivity contribution in [2.24, 2.45) is 0 Å². The lowest BCUT2D eigenvalue weighted by Crippen LogP contribution is -1.81. The molecule has 1 aromatic carbocycles. The number of hydrogen-bond donors (Lipinski definition) is 0. The molecule has 12 heavy (non-hydrogen) atoms. The van der Waals surface area contributed by atoms with Crippen molar-refractivity contribution in [2.75, 3.05) is 0 Å². The van der Waals surface area contributed by atoms with Crippen LogP contribution in [0.2, 0.25) is 0 Å². The Balaban J connectivity index is 2.47. The van der Waals surface area contributed by atoms with E-state index in [1.165, 1.54) is 15.0 Å². The molecular weight excluding hydrogens is 200 g/mol. The smallest absolute Gasteiger partial charge is 0.345 e. The molecule has 0 N–H and O–H groups in total. The Kier molecular flexibility index (Phi) is 2.91. The van der Waals surface area contributed by atoms with E-state index in [0.29, 0.717) is 0 Å². The Bertz CT molecular complexity index is 350.